The number of ether oxygens (including phenoxy) is 2. The third kappa shape index (κ3) is 6.67. The molecule has 0 N–H and O–H groups in total. The van der Waals surface area contributed by atoms with Crippen molar-refractivity contribution < 1.29 is 19.1 Å². The monoisotopic (exact) mass is 341 g/mol. The molecule has 0 aliphatic rings. The van der Waals surface area contributed by atoms with Crippen molar-refractivity contribution in [1.29, 1.82) is 0 Å². The molecule has 0 atom stereocenters. The maximum absolute atomic E-state index is 12.5. The highest BCUT2D eigenvalue weighted by Gasteiger charge is 2.16. The predicted octanol–water partition coefficient (Wildman–Crippen LogP) is 2.70. The fourth-order valence-corrected chi connectivity index (χ4v) is 2.35. The van der Waals surface area contributed by atoms with E-state index in [-0.39, 0.29) is 24.9 Å². The minimum Gasteiger partial charge on any atom is -0.484 e. The Hall–Kier alpha value is -2.82. The van der Waals surface area contributed by atoms with E-state index in [0.29, 0.717) is 18.8 Å². The summed E-state index contributed by atoms with van der Waals surface area (Å²) in [6.45, 7) is 0.786. The Morgan fingerprint density at radius 1 is 0.920 bits per heavy atom. The molecule has 0 saturated carbocycles. The summed E-state index contributed by atoms with van der Waals surface area (Å²) in [7, 11) is 1.34. The van der Waals surface area contributed by atoms with Gasteiger partial charge in [0.25, 0.3) is 5.91 Å². The van der Waals surface area contributed by atoms with E-state index in [1.165, 1.54) is 7.11 Å². The molecule has 0 aliphatic heterocycles. The van der Waals surface area contributed by atoms with Gasteiger partial charge in [0, 0.05) is 13.1 Å². The molecule has 132 valence electrons. The predicted molar refractivity (Wildman–Crippen MR) is 95.3 cm³/mol. The Morgan fingerprint density at radius 2 is 1.56 bits per heavy atom. The van der Waals surface area contributed by atoms with E-state index in [2.05, 4.69) is 4.74 Å². The Bertz CT molecular complexity index is 658. The van der Waals surface area contributed by atoms with Gasteiger partial charge in [-0.25, -0.2) is 0 Å². The number of benzene rings is 2. The molecule has 2 aromatic carbocycles. The minimum absolute atomic E-state index is 0.0556. The molecule has 5 heteroatoms. The Balaban J connectivity index is 1.91. The van der Waals surface area contributed by atoms with Gasteiger partial charge in [-0.1, -0.05) is 48.5 Å². The molecule has 0 unspecified atom stereocenters. The number of hydrogen-bond acceptors (Lipinski definition) is 4. The summed E-state index contributed by atoms with van der Waals surface area (Å²) in [4.78, 5) is 25.5. The van der Waals surface area contributed by atoms with E-state index in [4.69, 9.17) is 4.74 Å². The molecule has 2 rings (SSSR count). The Labute approximate surface area is 148 Å². The van der Waals surface area contributed by atoms with Crippen LogP contribution in [0.2, 0.25) is 0 Å². The summed E-state index contributed by atoms with van der Waals surface area (Å²) in [6.07, 6.45) is 0.890. The van der Waals surface area contributed by atoms with Gasteiger partial charge in [-0.15, -0.1) is 0 Å². The molecule has 0 spiro atoms. The highest BCUT2D eigenvalue weighted by Crippen LogP contribution is 2.09. The molecular formula is C20H23NO4. The zero-order valence-corrected chi connectivity index (χ0v) is 14.4. The van der Waals surface area contributed by atoms with Crippen LogP contribution >= 0.6 is 0 Å². The number of esters is 1. The van der Waals surface area contributed by atoms with Crippen molar-refractivity contribution in [3.05, 3.63) is 66.2 Å². The van der Waals surface area contributed by atoms with Crippen molar-refractivity contribution in [2.24, 2.45) is 0 Å². The number of para-hydroxylation sites is 1. The topological polar surface area (TPSA) is 55.8 Å². The molecule has 2 aromatic rings. The Kier molecular flexibility index (Phi) is 7.50. The number of carbonyl (C=O) groups is 2. The molecule has 0 aromatic heterocycles. The van der Waals surface area contributed by atoms with Crippen molar-refractivity contribution >= 4 is 11.9 Å². The lowest BCUT2D eigenvalue weighted by atomic mass is 10.1. The fraction of sp³-hybridized carbons (Fsp3) is 0.300. The summed E-state index contributed by atoms with van der Waals surface area (Å²) in [6, 6.07) is 19.1. The molecule has 0 fully saturated rings. The lowest BCUT2D eigenvalue weighted by molar-refractivity contribution is -0.142. The van der Waals surface area contributed by atoms with Crippen molar-refractivity contribution in [3.63, 3.8) is 0 Å². The highest BCUT2D eigenvalue weighted by molar-refractivity contribution is 5.78. The van der Waals surface area contributed by atoms with Gasteiger partial charge >= 0.3 is 5.97 Å². The van der Waals surface area contributed by atoms with Crippen LogP contribution in [0.4, 0.5) is 0 Å². The largest absolute Gasteiger partial charge is 0.484 e. The van der Waals surface area contributed by atoms with E-state index in [1.54, 1.807) is 17.0 Å². The minimum atomic E-state index is -0.332. The van der Waals surface area contributed by atoms with E-state index in [1.807, 2.05) is 48.5 Å². The first kappa shape index (κ1) is 18.5. The summed E-state index contributed by atoms with van der Waals surface area (Å²) in [5, 5.41) is 0. The van der Waals surface area contributed by atoms with Gasteiger partial charge in [0.05, 0.1) is 13.5 Å². The van der Waals surface area contributed by atoms with Crippen LogP contribution in [0.5, 0.6) is 5.75 Å². The molecule has 0 bridgehead atoms. The van der Waals surface area contributed by atoms with Gasteiger partial charge in [0.2, 0.25) is 0 Å². The quantitative estimate of drug-likeness (QED) is 0.658. The number of hydrogen-bond donors (Lipinski definition) is 0. The lowest BCUT2D eigenvalue weighted by Crippen LogP contribution is -2.38. The smallest absolute Gasteiger partial charge is 0.307 e. The summed E-state index contributed by atoms with van der Waals surface area (Å²) < 4.78 is 10.2. The number of nitrogens with zero attached hydrogens (tertiary/aromatic N) is 1. The lowest BCUT2D eigenvalue weighted by Gasteiger charge is -2.22. The van der Waals surface area contributed by atoms with E-state index >= 15 is 0 Å². The van der Waals surface area contributed by atoms with Crippen LogP contribution in [0.15, 0.2) is 60.7 Å². The molecule has 0 aliphatic carbocycles. The molecule has 0 radical (unpaired) electrons. The van der Waals surface area contributed by atoms with Crippen LogP contribution in [0, 0.1) is 0 Å². The van der Waals surface area contributed by atoms with Gasteiger partial charge in [-0.2, -0.15) is 0 Å². The van der Waals surface area contributed by atoms with E-state index < -0.39 is 0 Å². The third-order valence-electron chi connectivity index (χ3n) is 3.78. The zero-order chi connectivity index (χ0) is 17.9. The first-order valence-corrected chi connectivity index (χ1v) is 8.25. The van der Waals surface area contributed by atoms with Crippen molar-refractivity contribution in [2.45, 2.75) is 12.8 Å². The zero-order valence-electron chi connectivity index (χ0n) is 14.4. The summed E-state index contributed by atoms with van der Waals surface area (Å²) in [5.41, 5.74) is 1.14. The molecule has 1 amide bonds. The van der Waals surface area contributed by atoms with Crippen LogP contribution in [-0.2, 0) is 20.7 Å². The third-order valence-corrected chi connectivity index (χ3v) is 3.78. The normalized spacial score (nSPS) is 10.1. The molecule has 5 nitrogen and oxygen atoms in total. The Morgan fingerprint density at radius 3 is 2.20 bits per heavy atom. The van der Waals surface area contributed by atoms with Gasteiger partial charge in [0.1, 0.15) is 5.75 Å². The van der Waals surface area contributed by atoms with Gasteiger partial charge in [-0.05, 0) is 24.1 Å². The maximum atomic E-state index is 12.5. The molecule has 0 saturated heterocycles. The first-order chi connectivity index (χ1) is 12.2. The van der Waals surface area contributed by atoms with Crippen LogP contribution in [-0.4, -0.2) is 43.6 Å². The van der Waals surface area contributed by atoms with Crippen LogP contribution < -0.4 is 4.74 Å². The van der Waals surface area contributed by atoms with Crippen LogP contribution in [0.3, 0.4) is 0 Å². The molecule has 25 heavy (non-hydrogen) atoms. The second-order valence-corrected chi connectivity index (χ2v) is 5.54. The average Bonchev–Trinajstić information content (AvgIpc) is 2.67. The number of methoxy groups -OCH3 is 1. The van der Waals surface area contributed by atoms with E-state index in [9.17, 15) is 9.59 Å². The van der Waals surface area contributed by atoms with Crippen LogP contribution in [0.1, 0.15) is 12.0 Å². The fourth-order valence-electron chi connectivity index (χ4n) is 2.35. The average molecular weight is 341 g/mol. The standard InChI is InChI=1S/C20H23NO4/c1-24-20(23)13-15-21(14-12-17-8-4-2-5-9-17)19(22)16-25-18-10-6-3-7-11-18/h2-11H,12-16H2,1H3. The summed E-state index contributed by atoms with van der Waals surface area (Å²) >= 11 is 0. The van der Waals surface area contributed by atoms with Crippen LogP contribution in [0.25, 0.3) is 0 Å². The van der Waals surface area contributed by atoms with Gasteiger partial charge < -0.3 is 14.4 Å². The number of amides is 1. The number of rotatable bonds is 9. The molecular weight excluding hydrogens is 318 g/mol. The second-order valence-electron chi connectivity index (χ2n) is 5.54. The van der Waals surface area contributed by atoms with Crippen molar-refractivity contribution in [1.82, 2.24) is 4.90 Å². The van der Waals surface area contributed by atoms with E-state index in [0.717, 1.165) is 12.0 Å². The van der Waals surface area contributed by atoms with Gasteiger partial charge in [-0.3, -0.25) is 9.59 Å². The molecule has 0 heterocycles. The SMILES string of the molecule is COC(=O)CCN(CCc1ccccc1)C(=O)COc1ccccc1. The first-order valence-electron chi connectivity index (χ1n) is 8.25. The van der Waals surface area contributed by atoms with Crippen molar-refractivity contribution in [3.8, 4) is 5.75 Å². The van der Waals surface area contributed by atoms with Crippen molar-refractivity contribution in [2.75, 3.05) is 26.8 Å². The number of carbonyl (C=O) groups excluding carboxylic acids is 2. The highest BCUT2D eigenvalue weighted by atomic mass is 16.5. The summed E-state index contributed by atoms with van der Waals surface area (Å²) in [5.74, 6) is 0.164. The second kappa shape index (κ2) is 10.1. The maximum Gasteiger partial charge on any atom is 0.307 e. The van der Waals surface area contributed by atoms with Gasteiger partial charge in [0.15, 0.2) is 6.61 Å².